The molecule has 8 nitrogen and oxygen atoms in total. The van der Waals surface area contributed by atoms with Crippen molar-refractivity contribution in [3.63, 3.8) is 0 Å². The molecule has 2 aliphatic heterocycles. The van der Waals surface area contributed by atoms with Crippen molar-refractivity contribution >= 4 is 21.9 Å². The van der Waals surface area contributed by atoms with Crippen LogP contribution in [-0.2, 0) is 14.8 Å². The summed E-state index contributed by atoms with van der Waals surface area (Å²) in [4.78, 5) is 25.9. The molecule has 0 bridgehead atoms. The Hall–Kier alpha value is -2.52. The third-order valence-electron chi connectivity index (χ3n) is 5.79. The highest BCUT2D eigenvalue weighted by molar-refractivity contribution is 7.89. The molecule has 1 aromatic heterocycles. The van der Waals surface area contributed by atoms with Crippen molar-refractivity contribution in [3.05, 3.63) is 48.3 Å². The molecule has 30 heavy (non-hydrogen) atoms. The number of aryl methyl sites for hydroxylation is 1. The van der Waals surface area contributed by atoms with Gasteiger partial charge in [-0.15, -0.1) is 0 Å². The predicted octanol–water partition coefficient (Wildman–Crippen LogP) is 1.68. The summed E-state index contributed by atoms with van der Waals surface area (Å²) in [6, 6.07) is 7.97. The number of rotatable bonds is 4. The summed E-state index contributed by atoms with van der Waals surface area (Å²) in [6.45, 7) is 4.63. The highest BCUT2D eigenvalue weighted by atomic mass is 32.2. The van der Waals surface area contributed by atoms with Gasteiger partial charge in [0.05, 0.1) is 4.90 Å². The van der Waals surface area contributed by atoms with Crippen molar-refractivity contribution in [2.24, 2.45) is 0 Å². The summed E-state index contributed by atoms with van der Waals surface area (Å²) in [5.41, 5.74) is 1.00. The number of sulfonamides is 1. The number of anilines is 1. The van der Waals surface area contributed by atoms with Crippen molar-refractivity contribution in [2.75, 3.05) is 37.6 Å². The summed E-state index contributed by atoms with van der Waals surface area (Å²) in [5, 5.41) is 0. The lowest BCUT2D eigenvalue weighted by Crippen LogP contribution is -2.57. The van der Waals surface area contributed by atoms with Gasteiger partial charge in [0, 0.05) is 45.1 Å². The molecule has 1 unspecified atom stereocenters. The van der Waals surface area contributed by atoms with E-state index in [4.69, 9.17) is 0 Å². The van der Waals surface area contributed by atoms with Crippen LogP contribution in [0.5, 0.6) is 0 Å². The van der Waals surface area contributed by atoms with Gasteiger partial charge < -0.3 is 9.80 Å². The topological polar surface area (TPSA) is 86.7 Å². The Morgan fingerprint density at radius 2 is 1.63 bits per heavy atom. The Morgan fingerprint density at radius 1 is 0.967 bits per heavy atom. The van der Waals surface area contributed by atoms with E-state index in [-0.39, 0.29) is 10.8 Å². The van der Waals surface area contributed by atoms with Crippen molar-refractivity contribution in [1.29, 1.82) is 0 Å². The highest BCUT2D eigenvalue weighted by Crippen LogP contribution is 2.27. The minimum absolute atomic E-state index is 0.0981. The molecule has 160 valence electrons. The first-order valence-electron chi connectivity index (χ1n) is 10.4. The summed E-state index contributed by atoms with van der Waals surface area (Å²) >= 11 is 0. The first-order valence-corrected chi connectivity index (χ1v) is 11.8. The van der Waals surface area contributed by atoms with Crippen LogP contribution in [0.3, 0.4) is 0 Å². The first-order chi connectivity index (χ1) is 14.5. The fourth-order valence-corrected chi connectivity index (χ4v) is 5.73. The molecule has 4 rings (SSSR count). The molecular formula is C21H27N5O3S. The largest absolute Gasteiger partial charge is 0.338 e. The number of hydrogen-bond donors (Lipinski definition) is 0. The number of benzene rings is 1. The molecule has 9 heteroatoms. The third-order valence-corrected chi connectivity index (χ3v) is 7.72. The van der Waals surface area contributed by atoms with Crippen LogP contribution in [0.4, 0.5) is 5.95 Å². The van der Waals surface area contributed by atoms with Crippen molar-refractivity contribution in [1.82, 2.24) is 19.2 Å². The smallest absolute Gasteiger partial charge is 0.243 e. The normalized spacial score (nSPS) is 20.9. The fraction of sp³-hybridized carbons (Fsp3) is 0.476. The minimum atomic E-state index is -3.71. The summed E-state index contributed by atoms with van der Waals surface area (Å²) in [5.74, 6) is 0.560. The van der Waals surface area contributed by atoms with Crippen LogP contribution in [0.25, 0.3) is 0 Å². The number of carbonyl (C=O) groups is 1. The van der Waals surface area contributed by atoms with Crippen molar-refractivity contribution < 1.29 is 13.2 Å². The first kappa shape index (κ1) is 20.7. The van der Waals surface area contributed by atoms with Crippen LogP contribution in [0, 0.1) is 6.92 Å². The number of hydrogen-bond acceptors (Lipinski definition) is 6. The summed E-state index contributed by atoms with van der Waals surface area (Å²) in [7, 11) is -3.71. The maximum absolute atomic E-state index is 13.3. The van der Waals surface area contributed by atoms with Crippen LogP contribution in [0.15, 0.2) is 47.6 Å². The van der Waals surface area contributed by atoms with Gasteiger partial charge in [0.1, 0.15) is 6.04 Å². The van der Waals surface area contributed by atoms with Crippen LogP contribution in [0.1, 0.15) is 24.8 Å². The van der Waals surface area contributed by atoms with E-state index in [2.05, 4.69) is 9.97 Å². The van der Waals surface area contributed by atoms with Gasteiger partial charge in [-0.2, -0.15) is 4.31 Å². The number of piperazine rings is 1. The lowest BCUT2D eigenvalue weighted by molar-refractivity contribution is -0.136. The van der Waals surface area contributed by atoms with Gasteiger partial charge in [0.25, 0.3) is 0 Å². The number of amides is 1. The minimum Gasteiger partial charge on any atom is -0.338 e. The molecule has 1 atom stereocenters. The van der Waals surface area contributed by atoms with Crippen molar-refractivity contribution in [2.45, 2.75) is 37.1 Å². The Morgan fingerprint density at radius 3 is 2.30 bits per heavy atom. The van der Waals surface area contributed by atoms with E-state index in [1.54, 1.807) is 47.6 Å². The second-order valence-corrected chi connectivity index (χ2v) is 9.69. The summed E-state index contributed by atoms with van der Waals surface area (Å²) < 4.78 is 27.9. The van der Waals surface area contributed by atoms with E-state index in [9.17, 15) is 13.2 Å². The number of carbonyl (C=O) groups excluding carboxylic acids is 1. The van der Waals surface area contributed by atoms with Gasteiger partial charge in [0.2, 0.25) is 21.9 Å². The second-order valence-electron chi connectivity index (χ2n) is 7.80. The van der Waals surface area contributed by atoms with Gasteiger partial charge in [-0.25, -0.2) is 18.4 Å². The summed E-state index contributed by atoms with van der Waals surface area (Å²) in [6.07, 6.45) is 5.60. The lowest BCUT2D eigenvalue weighted by atomic mass is 10.0. The van der Waals surface area contributed by atoms with E-state index in [0.29, 0.717) is 45.1 Å². The van der Waals surface area contributed by atoms with E-state index < -0.39 is 16.1 Å². The van der Waals surface area contributed by atoms with E-state index in [1.165, 1.54) is 4.31 Å². The fourth-order valence-electron chi connectivity index (χ4n) is 4.08. The van der Waals surface area contributed by atoms with Crippen LogP contribution < -0.4 is 4.90 Å². The van der Waals surface area contributed by atoms with Crippen LogP contribution in [-0.4, -0.2) is 72.3 Å². The van der Waals surface area contributed by atoms with E-state index in [0.717, 1.165) is 18.4 Å². The Balaban J connectivity index is 1.48. The molecule has 0 N–H and O–H groups in total. The van der Waals surface area contributed by atoms with Crippen LogP contribution >= 0.6 is 0 Å². The average Bonchev–Trinajstić information content (AvgIpc) is 2.79. The number of aromatic nitrogens is 2. The number of piperidine rings is 1. The lowest BCUT2D eigenvalue weighted by Gasteiger charge is -2.40. The molecule has 2 aromatic rings. The molecule has 0 saturated carbocycles. The molecule has 2 saturated heterocycles. The van der Waals surface area contributed by atoms with Crippen LogP contribution in [0.2, 0.25) is 0 Å². The number of nitrogens with zero attached hydrogens (tertiary/aromatic N) is 5. The third kappa shape index (κ3) is 4.17. The highest BCUT2D eigenvalue weighted by Gasteiger charge is 2.40. The monoisotopic (exact) mass is 429 g/mol. The van der Waals surface area contributed by atoms with Gasteiger partial charge >= 0.3 is 0 Å². The quantitative estimate of drug-likeness (QED) is 0.735. The zero-order valence-electron chi connectivity index (χ0n) is 17.1. The van der Waals surface area contributed by atoms with Gasteiger partial charge in [-0.05, 0) is 38.0 Å². The van der Waals surface area contributed by atoms with Crippen molar-refractivity contribution in [3.8, 4) is 0 Å². The Bertz CT molecular complexity index is 973. The predicted molar refractivity (Wildman–Crippen MR) is 114 cm³/mol. The van der Waals surface area contributed by atoms with Gasteiger partial charge in [-0.3, -0.25) is 4.79 Å². The van der Waals surface area contributed by atoms with Gasteiger partial charge in [0.15, 0.2) is 0 Å². The Labute approximate surface area is 177 Å². The molecule has 2 fully saturated rings. The zero-order valence-corrected chi connectivity index (χ0v) is 18.0. The Kier molecular flexibility index (Phi) is 6.01. The molecule has 0 spiro atoms. The molecule has 3 heterocycles. The maximum atomic E-state index is 13.3. The molecule has 1 aromatic carbocycles. The molecule has 1 amide bonds. The average molecular weight is 430 g/mol. The molecule has 0 aliphatic carbocycles. The van der Waals surface area contributed by atoms with E-state index >= 15 is 0 Å². The van der Waals surface area contributed by atoms with Gasteiger partial charge in [-0.1, -0.05) is 24.1 Å². The molecular weight excluding hydrogens is 402 g/mol. The van der Waals surface area contributed by atoms with E-state index in [1.807, 2.05) is 11.8 Å². The standard InChI is InChI=1S/C21H27N5O3S/c1-17-6-8-18(9-7-17)30(28,29)26-12-3-2-5-19(26)20(27)24-13-15-25(16-14-24)21-22-10-4-11-23-21/h4,6-11,19H,2-3,5,12-16H2,1H3. The SMILES string of the molecule is Cc1ccc(S(=O)(=O)N2CCCCC2C(=O)N2CCN(c3ncccn3)CC2)cc1. The zero-order chi connectivity index (χ0) is 21.1. The molecule has 0 radical (unpaired) electrons. The maximum Gasteiger partial charge on any atom is 0.243 e. The molecule has 2 aliphatic rings. The second kappa shape index (κ2) is 8.69.